The SMILES string of the molecule is C=C(C)CC.[H-].[Na+]. The summed E-state index contributed by atoms with van der Waals surface area (Å²) in [5.74, 6) is 0. The molecule has 0 saturated carbocycles. The van der Waals surface area contributed by atoms with Gasteiger partial charge >= 0.3 is 29.6 Å². The predicted octanol–water partition coefficient (Wildman–Crippen LogP) is -0.911. The van der Waals surface area contributed by atoms with Gasteiger partial charge in [0.1, 0.15) is 0 Å². The third-order valence-electron chi connectivity index (χ3n) is 0.604. The average Bonchev–Trinajstić information content (AvgIpc) is 1.38. The van der Waals surface area contributed by atoms with Crippen molar-refractivity contribution in [3.8, 4) is 0 Å². The summed E-state index contributed by atoms with van der Waals surface area (Å²) in [6.07, 6.45) is 1.11. The number of hydrogen-bond acceptors (Lipinski definition) is 0. The molecule has 1 heteroatoms. The van der Waals surface area contributed by atoms with Gasteiger partial charge in [0, 0.05) is 0 Å². The van der Waals surface area contributed by atoms with Gasteiger partial charge < -0.3 is 1.43 Å². The van der Waals surface area contributed by atoms with Crippen LogP contribution in [-0.4, -0.2) is 0 Å². The molecule has 0 spiro atoms. The van der Waals surface area contributed by atoms with Gasteiger partial charge in [0.15, 0.2) is 0 Å². The van der Waals surface area contributed by atoms with Gasteiger partial charge in [0.05, 0.1) is 0 Å². The van der Waals surface area contributed by atoms with E-state index in [0.29, 0.717) is 0 Å². The molecular formula is C5H11Na. The number of rotatable bonds is 1. The zero-order valence-corrected chi connectivity index (χ0v) is 6.91. The minimum absolute atomic E-state index is 0. The van der Waals surface area contributed by atoms with E-state index in [0.717, 1.165) is 6.42 Å². The molecule has 0 fully saturated rings. The van der Waals surface area contributed by atoms with E-state index in [4.69, 9.17) is 0 Å². The predicted molar refractivity (Wildman–Crippen MR) is 26.2 cm³/mol. The molecule has 0 aromatic heterocycles. The zero-order valence-electron chi connectivity index (χ0n) is 5.91. The summed E-state index contributed by atoms with van der Waals surface area (Å²) >= 11 is 0. The maximum Gasteiger partial charge on any atom is 1.00 e. The van der Waals surface area contributed by atoms with Crippen LogP contribution in [-0.2, 0) is 0 Å². The first-order valence-corrected chi connectivity index (χ1v) is 1.91. The number of hydrogen-bond donors (Lipinski definition) is 0. The Balaban J connectivity index is -0.0000000800. The summed E-state index contributed by atoms with van der Waals surface area (Å²) in [7, 11) is 0. The van der Waals surface area contributed by atoms with Gasteiger partial charge in [-0.2, -0.15) is 0 Å². The van der Waals surface area contributed by atoms with Crippen LogP contribution in [0.4, 0.5) is 0 Å². The largest absolute Gasteiger partial charge is 1.00 e. The Labute approximate surface area is 63.4 Å². The Morgan fingerprint density at radius 3 is 2.00 bits per heavy atom. The molecule has 0 heterocycles. The maximum atomic E-state index is 3.67. The van der Waals surface area contributed by atoms with Gasteiger partial charge in [-0.1, -0.05) is 12.5 Å². The van der Waals surface area contributed by atoms with Gasteiger partial charge in [0.2, 0.25) is 0 Å². The average molecular weight is 94.1 g/mol. The Bertz CT molecular complexity index is 43.3. The third kappa shape index (κ3) is 8.83. The third-order valence-corrected chi connectivity index (χ3v) is 0.604. The second-order valence-corrected chi connectivity index (χ2v) is 1.31. The molecule has 0 nitrogen and oxygen atoms in total. The first-order chi connectivity index (χ1) is 2.27. The molecule has 6 heavy (non-hydrogen) atoms. The summed E-state index contributed by atoms with van der Waals surface area (Å²) in [6.45, 7) is 7.80. The van der Waals surface area contributed by atoms with E-state index < -0.39 is 0 Å². The Morgan fingerprint density at radius 2 is 2.00 bits per heavy atom. The van der Waals surface area contributed by atoms with Gasteiger partial charge in [-0.05, 0) is 13.3 Å². The standard InChI is InChI=1S/C5H10.Na.H/c1-4-5(2)3;;/h2,4H2,1,3H3;;/q;+1;-1. The molecule has 0 saturated heterocycles. The van der Waals surface area contributed by atoms with E-state index in [-0.39, 0.29) is 31.0 Å². The van der Waals surface area contributed by atoms with Crippen molar-refractivity contribution in [2.75, 3.05) is 0 Å². The van der Waals surface area contributed by atoms with Crippen LogP contribution >= 0.6 is 0 Å². The molecule has 0 unspecified atom stereocenters. The van der Waals surface area contributed by atoms with Crippen molar-refractivity contribution in [3.05, 3.63) is 12.2 Å². The molecule has 0 amide bonds. The van der Waals surface area contributed by atoms with E-state index >= 15 is 0 Å². The molecule has 0 aromatic carbocycles. The van der Waals surface area contributed by atoms with Crippen LogP contribution in [0.25, 0.3) is 0 Å². The molecule has 0 aliphatic carbocycles. The summed E-state index contributed by atoms with van der Waals surface area (Å²) in [6, 6.07) is 0. The van der Waals surface area contributed by atoms with Gasteiger partial charge in [0.25, 0.3) is 0 Å². The fourth-order valence-corrected chi connectivity index (χ4v) is 0. The molecule has 0 bridgehead atoms. The zero-order chi connectivity index (χ0) is 4.28. The molecule has 32 valence electrons. The minimum atomic E-state index is 0. The monoisotopic (exact) mass is 94.1 g/mol. The maximum absolute atomic E-state index is 3.67. The normalized spacial score (nSPS) is 6.33. The molecule has 0 radical (unpaired) electrons. The molecule has 0 aromatic rings. The van der Waals surface area contributed by atoms with Crippen molar-refractivity contribution in [1.29, 1.82) is 0 Å². The van der Waals surface area contributed by atoms with E-state index in [9.17, 15) is 0 Å². The summed E-state index contributed by atoms with van der Waals surface area (Å²) < 4.78 is 0. The Morgan fingerprint density at radius 1 is 1.83 bits per heavy atom. The van der Waals surface area contributed by atoms with Crippen molar-refractivity contribution in [1.82, 2.24) is 0 Å². The fraction of sp³-hybridized carbons (Fsp3) is 0.600. The molecule has 0 N–H and O–H groups in total. The topological polar surface area (TPSA) is 0 Å². The second kappa shape index (κ2) is 5.74. The summed E-state index contributed by atoms with van der Waals surface area (Å²) in [4.78, 5) is 0. The van der Waals surface area contributed by atoms with E-state index in [1.54, 1.807) is 0 Å². The molecule has 0 aliphatic heterocycles. The van der Waals surface area contributed by atoms with Crippen LogP contribution in [0.15, 0.2) is 12.2 Å². The number of allylic oxidation sites excluding steroid dienone is 1. The van der Waals surface area contributed by atoms with Crippen molar-refractivity contribution in [2.24, 2.45) is 0 Å². The van der Waals surface area contributed by atoms with E-state index in [1.165, 1.54) is 5.57 Å². The fourth-order valence-electron chi connectivity index (χ4n) is 0. The second-order valence-electron chi connectivity index (χ2n) is 1.31. The Kier molecular flexibility index (Phi) is 9.46. The van der Waals surface area contributed by atoms with Gasteiger partial charge in [-0.3, -0.25) is 0 Å². The van der Waals surface area contributed by atoms with Crippen LogP contribution in [0.3, 0.4) is 0 Å². The van der Waals surface area contributed by atoms with Gasteiger partial charge in [-0.25, -0.2) is 0 Å². The smallest absolute Gasteiger partial charge is 1.00 e. The van der Waals surface area contributed by atoms with Crippen molar-refractivity contribution in [2.45, 2.75) is 20.3 Å². The van der Waals surface area contributed by atoms with Crippen molar-refractivity contribution >= 4 is 0 Å². The molecule has 0 aliphatic rings. The van der Waals surface area contributed by atoms with E-state index in [1.807, 2.05) is 6.92 Å². The molecular weight excluding hydrogens is 83.0 g/mol. The van der Waals surface area contributed by atoms with Crippen LogP contribution in [0.2, 0.25) is 0 Å². The summed E-state index contributed by atoms with van der Waals surface area (Å²) in [5, 5.41) is 0. The first-order valence-electron chi connectivity index (χ1n) is 1.91. The van der Waals surface area contributed by atoms with Crippen LogP contribution in [0, 0.1) is 0 Å². The minimum Gasteiger partial charge on any atom is -1.00 e. The molecule has 0 atom stereocenters. The van der Waals surface area contributed by atoms with Crippen molar-refractivity contribution in [3.63, 3.8) is 0 Å². The van der Waals surface area contributed by atoms with Crippen LogP contribution in [0.5, 0.6) is 0 Å². The molecule has 0 rings (SSSR count). The summed E-state index contributed by atoms with van der Waals surface area (Å²) in [5.41, 5.74) is 1.25. The van der Waals surface area contributed by atoms with Crippen molar-refractivity contribution < 1.29 is 31.0 Å². The van der Waals surface area contributed by atoms with Crippen LogP contribution in [0.1, 0.15) is 21.7 Å². The Hall–Kier alpha value is 0.740. The quantitative estimate of drug-likeness (QED) is 0.291. The first kappa shape index (κ1) is 9.88. The van der Waals surface area contributed by atoms with Gasteiger partial charge in [-0.15, -0.1) is 6.58 Å². The van der Waals surface area contributed by atoms with Crippen LogP contribution < -0.4 is 29.6 Å². The van der Waals surface area contributed by atoms with E-state index in [2.05, 4.69) is 13.5 Å².